The van der Waals surface area contributed by atoms with Crippen molar-refractivity contribution in [1.29, 1.82) is 0 Å². The van der Waals surface area contributed by atoms with Gasteiger partial charge in [-0.1, -0.05) is 60.3 Å². The van der Waals surface area contributed by atoms with Gasteiger partial charge in [-0.2, -0.15) is 0 Å². The van der Waals surface area contributed by atoms with Crippen LogP contribution in [0.4, 0.5) is 5.69 Å². The van der Waals surface area contributed by atoms with Crippen molar-refractivity contribution in [1.82, 2.24) is 19.6 Å². The molecule has 0 aliphatic rings. The van der Waals surface area contributed by atoms with E-state index >= 15 is 0 Å². The lowest BCUT2D eigenvalue weighted by molar-refractivity contribution is -0.115. The predicted molar refractivity (Wildman–Crippen MR) is 122 cm³/mol. The fraction of sp³-hybridized carbons (Fsp3) is 0.0870. The number of benzene rings is 3. The first-order chi connectivity index (χ1) is 15.2. The zero-order chi connectivity index (χ0) is 21.2. The minimum atomic E-state index is -0.514. The number of H-pyrrole nitrogens is 1. The van der Waals surface area contributed by atoms with E-state index in [9.17, 15) is 4.79 Å². The van der Waals surface area contributed by atoms with Crippen LogP contribution in [-0.4, -0.2) is 32.6 Å². The first-order valence-corrected chi connectivity index (χ1v) is 10.6. The van der Waals surface area contributed by atoms with Gasteiger partial charge in [-0.15, -0.1) is 5.10 Å². The van der Waals surface area contributed by atoms with Gasteiger partial charge in [0.1, 0.15) is 11.0 Å². The molecular weight excluding hydrogens is 410 g/mol. The number of methoxy groups -OCH3 is 1. The number of fused-ring (bicyclic) bond motifs is 3. The topological polar surface area (TPSA) is 84.3 Å². The standard InChI is InChI=1S/C23H19N5O2S/c1-30-17-11-7-10-16(14-17)24-21(29)20(15-8-3-2-4-9-15)31-23-27-26-22-25-18-12-5-6-13-19(18)28(22)23/h2-14,20H,1H3,(H,24,29)(H,25,26). The molecule has 0 fully saturated rings. The number of hydrogen-bond donors (Lipinski definition) is 2. The summed E-state index contributed by atoms with van der Waals surface area (Å²) < 4.78 is 7.21. The Hall–Kier alpha value is -3.78. The van der Waals surface area contributed by atoms with Gasteiger partial charge in [0.25, 0.3) is 0 Å². The Labute approximate surface area is 182 Å². The van der Waals surface area contributed by atoms with Crippen molar-refractivity contribution < 1.29 is 9.53 Å². The minimum absolute atomic E-state index is 0.148. The van der Waals surface area contributed by atoms with Crippen LogP contribution in [0.25, 0.3) is 16.8 Å². The molecular formula is C23H19N5O2S. The number of aromatic amines is 1. The number of anilines is 1. The van der Waals surface area contributed by atoms with E-state index in [1.807, 2.05) is 77.2 Å². The number of amides is 1. The van der Waals surface area contributed by atoms with Crippen LogP contribution in [-0.2, 0) is 4.79 Å². The smallest absolute Gasteiger partial charge is 0.242 e. The molecule has 0 radical (unpaired) electrons. The largest absolute Gasteiger partial charge is 0.497 e. The molecule has 0 spiro atoms. The molecule has 7 nitrogen and oxygen atoms in total. The Bertz CT molecular complexity index is 1360. The molecule has 0 aliphatic carbocycles. The maximum atomic E-state index is 13.3. The number of nitrogens with zero attached hydrogens (tertiary/aromatic N) is 3. The molecule has 1 unspecified atom stereocenters. The van der Waals surface area contributed by atoms with E-state index in [-0.39, 0.29) is 5.91 Å². The van der Waals surface area contributed by atoms with Crippen LogP contribution >= 0.6 is 11.8 Å². The van der Waals surface area contributed by atoms with Crippen LogP contribution < -0.4 is 10.1 Å². The van der Waals surface area contributed by atoms with E-state index in [4.69, 9.17) is 4.74 Å². The molecule has 1 atom stereocenters. The van der Waals surface area contributed by atoms with Gasteiger partial charge in [0, 0.05) is 11.8 Å². The molecule has 2 N–H and O–H groups in total. The van der Waals surface area contributed by atoms with Crippen LogP contribution in [0.3, 0.4) is 0 Å². The fourth-order valence-electron chi connectivity index (χ4n) is 3.44. The van der Waals surface area contributed by atoms with Gasteiger partial charge in [0.15, 0.2) is 5.16 Å². The van der Waals surface area contributed by atoms with Crippen LogP contribution in [0.2, 0.25) is 0 Å². The van der Waals surface area contributed by atoms with E-state index < -0.39 is 5.25 Å². The molecule has 0 bridgehead atoms. The number of rotatable bonds is 6. The van der Waals surface area contributed by atoms with Gasteiger partial charge in [0.2, 0.25) is 11.7 Å². The third-order valence-corrected chi connectivity index (χ3v) is 6.11. The molecule has 1 amide bonds. The molecule has 3 aromatic carbocycles. The summed E-state index contributed by atoms with van der Waals surface area (Å²) in [5.74, 6) is 1.18. The van der Waals surface area contributed by atoms with Gasteiger partial charge < -0.3 is 10.1 Å². The zero-order valence-corrected chi connectivity index (χ0v) is 17.5. The normalized spacial score (nSPS) is 12.2. The third-order valence-electron chi connectivity index (χ3n) is 4.90. The fourth-order valence-corrected chi connectivity index (χ4v) is 4.49. The van der Waals surface area contributed by atoms with Crippen molar-refractivity contribution in [3.05, 3.63) is 84.4 Å². The second-order valence-electron chi connectivity index (χ2n) is 6.90. The van der Waals surface area contributed by atoms with E-state index in [2.05, 4.69) is 20.5 Å². The van der Waals surface area contributed by atoms with E-state index in [1.54, 1.807) is 13.2 Å². The second-order valence-corrected chi connectivity index (χ2v) is 7.97. The number of para-hydroxylation sites is 2. The number of carbonyl (C=O) groups is 1. The van der Waals surface area contributed by atoms with Gasteiger partial charge in [0.05, 0.1) is 18.1 Å². The number of carbonyl (C=O) groups excluding carboxylic acids is 1. The second kappa shape index (κ2) is 8.16. The van der Waals surface area contributed by atoms with Crippen LogP contribution in [0.5, 0.6) is 5.75 Å². The Morgan fingerprint density at radius 3 is 2.71 bits per heavy atom. The lowest BCUT2D eigenvalue weighted by Gasteiger charge is -2.16. The first-order valence-electron chi connectivity index (χ1n) is 9.71. The van der Waals surface area contributed by atoms with E-state index in [1.165, 1.54) is 11.8 Å². The maximum Gasteiger partial charge on any atom is 0.242 e. The molecule has 0 saturated carbocycles. The van der Waals surface area contributed by atoms with Crippen molar-refractivity contribution in [2.45, 2.75) is 10.4 Å². The summed E-state index contributed by atoms with van der Waals surface area (Å²) >= 11 is 1.37. The number of thioether (sulfide) groups is 1. The molecule has 5 aromatic rings. The molecule has 2 heterocycles. The van der Waals surface area contributed by atoms with Gasteiger partial charge in [-0.3, -0.25) is 9.20 Å². The number of aromatic nitrogens is 4. The highest BCUT2D eigenvalue weighted by Crippen LogP contribution is 2.36. The minimum Gasteiger partial charge on any atom is -0.497 e. The number of ether oxygens (including phenoxy) is 1. The van der Waals surface area contributed by atoms with E-state index in [0.717, 1.165) is 16.6 Å². The Kier molecular flexibility index (Phi) is 5.05. The number of nitrogens with one attached hydrogen (secondary N) is 2. The lowest BCUT2D eigenvalue weighted by atomic mass is 10.1. The van der Waals surface area contributed by atoms with Crippen molar-refractivity contribution >= 4 is 40.2 Å². The van der Waals surface area contributed by atoms with Gasteiger partial charge in [-0.25, -0.2) is 10.1 Å². The number of imidazole rings is 1. The first kappa shape index (κ1) is 19.2. The summed E-state index contributed by atoms with van der Waals surface area (Å²) in [6.45, 7) is 0. The van der Waals surface area contributed by atoms with Gasteiger partial charge in [-0.05, 0) is 29.8 Å². The van der Waals surface area contributed by atoms with Crippen molar-refractivity contribution in [3.8, 4) is 5.75 Å². The highest BCUT2D eigenvalue weighted by atomic mass is 32.2. The Morgan fingerprint density at radius 2 is 1.87 bits per heavy atom. The van der Waals surface area contributed by atoms with Crippen molar-refractivity contribution in [2.75, 3.05) is 12.4 Å². The third kappa shape index (κ3) is 3.73. The average molecular weight is 430 g/mol. The summed E-state index contributed by atoms with van der Waals surface area (Å²) in [4.78, 5) is 17.9. The molecule has 154 valence electrons. The van der Waals surface area contributed by atoms with Crippen molar-refractivity contribution in [2.24, 2.45) is 0 Å². The monoisotopic (exact) mass is 429 g/mol. The van der Waals surface area contributed by atoms with Gasteiger partial charge >= 0.3 is 0 Å². The Morgan fingerprint density at radius 1 is 1.06 bits per heavy atom. The summed E-state index contributed by atoms with van der Waals surface area (Å²) in [7, 11) is 1.60. The zero-order valence-electron chi connectivity index (χ0n) is 16.6. The van der Waals surface area contributed by atoms with E-state index in [0.29, 0.717) is 22.4 Å². The predicted octanol–water partition coefficient (Wildman–Crippen LogP) is 4.69. The molecule has 0 saturated heterocycles. The lowest BCUT2D eigenvalue weighted by Crippen LogP contribution is -2.19. The molecule has 31 heavy (non-hydrogen) atoms. The molecule has 2 aromatic heterocycles. The summed E-state index contributed by atoms with van der Waals surface area (Å²) in [6.07, 6.45) is 0. The Balaban J connectivity index is 1.51. The maximum absolute atomic E-state index is 13.3. The summed E-state index contributed by atoms with van der Waals surface area (Å²) in [5.41, 5.74) is 3.36. The summed E-state index contributed by atoms with van der Waals surface area (Å²) in [6, 6.07) is 24.8. The highest BCUT2D eigenvalue weighted by Gasteiger charge is 2.25. The number of hydrogen-bond acceptors (Lipinski definition) is 5. The average Bonchev–Trinajstić information content (AvgIpc) is 3.37. The van der Waals surface area contributed by atoms with Crippen LogP contribution in [0, 0.1) is 0 Å². The summed E-state index contributed by atoms with van der Waals surface area (Å²) in [5, 5.41) is 10.6. The molecule has 8 heteroatoms. The quantitative estimate of drug-likeness (QED) is 0.383. The molecule has 5 rings (SSSR count). The SMILES string of the molecule is COc1cccc(NC(=O)C(Sc2n[nH]c3nc4ccccc4n23)c2ccccc2)c1. The van der Waals surface area contributed by atoms with Crippen molar-refractivity contribution in [3.63, 3.8) is 0 Å². The van der Waals surface area contributed by atoms with Crippen LogP contribution in [0.1, 0.15) is 10.8 Å². The highest BCUT2D eigenvalue weighted by molar-refractivity contribution is 8.00. The van der Waals surface area contributed by atoms with Crippen LogP contribution in [0.15, 0.2) is 84.0 Å². The molecule has 0 aliphatic heterocycles.